The Morgan fingerprint density at radius 1 is 1.33 bits per heavy atom. The Kier molecular flexibility index (Phi) is 3.08. The Morgan fingerprint density at radius 2 is 2.07 bits per heavy atom. The van der Waals surface area contributed by atoms with Crippen LogP contribution in [0.15, 0.2) is 23.1 Å². The van der Waals surface area contributed by atoms with Crippen molar-refractivity contribution >= 4 is 11.8 Å². The van der Waals surface area contributed by atoms with Crippen LogP contribution in [0.25, 0.3) is 0 Å². The maximum atomic E-state index is 5.88. The van der Waals surface area contributed by atoms with E-state index in [1.165, 1.54) is 35.3 Å². The molecular formula is C13H19NS. The average Bonchev–Trinajstić information content (AvgIpc) is 2.14. The van der Waals surface area contributed by atoms with Crippen molar-refractivity contribution in [1.82, 2.24) is 0 Å². The minimum atomic E-state index is 0.347. The zero-order chi connectivity index (χ0) is 10.9. The van der Waals surface area contributed by atoms with Gasteiger partial charge >= 0.3 is 0 Å². The van der Waals surface area contributed by atoms with Crippen molar-refractivity contribution in [2.75, 3.05) is 6.54 Å². The van der Waals surface area contributed by atoms with Crippen molar-refractivity contribution in [2.24, 2.45) is 5.73 Å². The first-order valence-electron chi connectivity index (χ1n) is 5.62. The van der Waals surface area contributed by atoms with Crippen LogP contribution in [-0.4, -0.2) is 11.3 Å². The molecule has 0 atom stereocenters. The highest BCUT2D eigenvalue weighted by molar-refractivity contribution is 8.00. The van der Waals surface area contributed by atoms with E-state index in [4.69, 9.17) is 5.73 Å². The van der Waals surface area contributed by atoms with Gasteiger partial charge in [-0.3, -0.25) is 0 Å². The van der Waals surface area contributed by atoms with E-state index in [1.54, 1.807) is 0 Å². The lowest BCUT2D eigenvalue weighted by molar-refractivity contribution is 0.371. The smallest absolute Gasteiger partial charge is 0.0329 e. The largest absolute Gasteiger partial charge is 0.329 e. The predicted molar refractivity (Wildman–Crippen MR) is 67.4 cm³/mol. The summed E-state index contributed by atoms with van der Waals surface area (Å²) >= 11 is 1.99. The van der Waals surface area contributed by atoms with Gasteiger partial charge in [0, 0.05) is 16.2 Å². The van der Waals surface area contributed by atoms with Crippen molar-refractivity contribution in [3.63, 3.8) is 0 Å². The minimum absolute atomic E-state index is 0.347. The highest BCUT2D eigenvalue weighted by Gasteiger charge is 2.36. The van der Waals surface area contributed by atoms with Crippen LogP contribution in [0.4, 0.5) is 0 Å². The SMILES string of the molecule is Cc1ccc(SC2(CN)CCC2)c(C)c1. The third kappa shape index (κ3) is 2.21. The van der Waals surface area contributed by atoms with Crippen LogP contribution in [0.1, 0.15) is 30.4 Å². The summed E-state index contributed by atoms with van der Waals surface area (Å²) in [5, 5.41) is 0. The number of rotatable bonds is 3. The number of benzene rings is 1. The molecule has 1 aromatic carbocycles. The molecule has 1 aliphatic carbocycles. The fourth-order valence-corrected chi connectivity index (χ4v) is 3.46. The number of aryl methyl sites for hydroxylation is 2. The molecule has 0 amide bonds. The second-order valence-corrected chi connectivity index (χ2v) is 6.12. The van der Waals surface area contributed by atoms with Gasteiger partial charge in [0.1, 0.15) is 0 Å². The molecule has 0 aromatic heterocycles. The molecule has 2 rings (SSSR count). The topological polar surface area (TPSA) is 26.0 Å². The van der Waals surface area contributed by atoms with Crippen LogP contribution in [0, 0.1) is 13.8 Å². The summed E-state index contributed by atoms with van der Waals surface area (Å²) in [6, 6.07) is 6.69. The van der Waals surface area contributed by atoms with E-state index >= 15 is 0 Å². The van der Waals surface area contributed by atoms with Crippen LogP contribution in [-0.2, 0) is 0 Å². The summed E-state index contributed by atoms with van der Waals surface area (Å²) in [4.78, 5) is 1.41. The molecule has 0 unspecified atom stereocenters. The van der Waals surface area contributed by atoms with Gasteiger partial charge in [-0.25, -0.2) is 0 Å². The molecule has 1 nitrogen and oxygen atoms in total. The first-order chi connectivity index (χ1) is 7.15. The van der Waals surface area contributed by atoms with E-state index in [9.17, 15) is 0 Å². The van der Waals surface area contributed by atoms with Crippen molar-refractivity contribution < 1.29 is 0 Å². The Morgan fingerprint density at radius 3 is 2.53 bits per heavy atom. The third-order valence-electron chi connectivity index (χ3n) is 3.29. The second kappa shape index (κ2) is 4.18. The molecule has 1 fully saturated rings. The fourth-order valence-electron chi connectivity index (χ4n) is 2.07. The lowest BCUT2D eigenvalue weighted by Crippen LogP contribution is -2.41. The van der Waals surface area contributed by atoms with E-state index in [1.807, 2.05) is 11.8 Å². The van der Waals surface area contributed by atoms with Crippen LogP contribution in [0.2, 0.25) is 0 Å². The second-order valence-electron chi connectivity index (χ2n) is 4.61. The standard InChI is InChI=1S/C13H19NS/c1-10-4-5-12(11(2)8-10)15-13(9-14)6-3-7-13/h4-5,8H,3,6-7,9,14H2,1-2H3. The molecular weight excluding hydrogens is 202 g/mol. The summed E-state index contributed by atoms with van der Waals surface area (Å²) < 4.78 is 0.347. The number of thioether (sulfide) groups is 1. The molecule has 2 heteroatoms. The molecule has 82 valence electrons. The monoisotopic (exact) mass is 221 g/mol. The molecule has 15 heavy (non-hydrogen) atoms. The molecule has 2 N–H and O–H groups in total. The molecule has 0 radical (unpaired) electrons. The van der Waals surface area contributed by atoms with Crippen molar-refractivity contribution in [1.29, 1.82) is 0 Å². The van der Waals surface area contributed by atoms with E-state index in [2.05, 4.69) is 32.0 Å². The minimum Gasteiger partial charge on any atom is -0.329 e. The van der Waals surface area contributed by atoms with Crippen molar-refractivity contribution in [3.05, 3.63) is 29.3 Å². The van der Waals surface area contributed by atoms with Crippen molar-refractivity contribution in [3.8, 4) is 0 Å². The molecule has 0 bridgehead atoms. The van der Waals surface area contributed by atoms with Crippen molar-refractivity contribution in [2.45, 2.75) is 42.8 Å². The van der Waals surface area contributed by atoms with E-state index < -0.39 is 0 Å². The van der Waals surface area contributed by atoms with Gasteiger partial charge in [0.05, 0.1) is 0 Å². The van der Waals surface area contributed by atoms with Gasteiger partial charge in [0.2, 0.25) is 0 Å². The van der Waals surface area contributed by atoms with Gasteiger partial charge in [-0.05, 0) is 38.3 Å². The first kappa shape index (κ1) is 11.0. The van der Waals surface area contributed by atoms with Gasteiger partial charge in [-0.1, -0.05) is 24.1 Å². The molecule has 0 heterocycles. The van der Waals surface area contributed by atoms with Gasteiger partial charge < -0.3 is 5.73 Å². The first-order valence-corrected chi connectivity index (χ1v) is 6.43. The molecule has 1 aliphatic rings. The van der Waals surface area contributed by atoms with Crippen LogP contribution >= 0.6 is 11.8 Å². The average molecular weight is 221 g/mol. The van der Waals surface area contributed by atoms with Gasteiger partial charge in [0.15, 0.2) is 0 Å². The zero-order valence-corrected chi connectivity index (χ0v) is 10.4. The van der Waals surface area contributed by atoms with Crippen LogP contribution in [0.3, 0.4) is 0 Å². The number of nitrogens with two attached hydrogens (primary N) is 1. The fraction of sp³-hybridized carbons (Fsp3) is 0.538. The molecule has 1 aromatic rings. The number of hydrogen-bond acceptors (Lipinski definition) is 2. The van der Waals surface area contributed by atoms with Crippen LogP contribution < -0.4 is 5.73 Å². The Labute approximate surface area is 96.4 Å². The van der Waals surface area contributed by atoms with E-state index in [0.29, 0.717) is 4.75 Å². The lowest BCUT2D eigenvalue weighted by atomic mass is 9.84. The zero-order valence-electron chi connectivity index (χ0n) is 9.55. The highest BCUT2D eigenvalue weighted by Crippen LogP contribution is 2.47. The summed E-state index contributed by atoms with van der Waals surface area (Å²) in [5.41, 5.74) is 8.60. The summed E-state index contributed by atoms with van der Waals surface area (Å²) in [7, 11) is 0. The van der Waals surface area contributed by atoms with E-state index in [0.717, 1.165) is 6.54 Å². The molecule has 0 aliphatic heterocycles. The predicted octanol–water partition coefficient (Wildman–Crippen LogP) is 3.28. The summed E-state index contributed by atoms with van der Waals surface area (Å²) in [5.74, 6) is 0. The quantitative estimate of drug-likeness (QED) is 0.847. The maximum absolute atomic E-state index is 5.88. The number of hydrogen-bond donors (Lipinski definition) is 1. The summed E-state index contributed by atoms with van der Waals surface area (Å²) in [6.45, 7) is 5.15. The molecule has 1 saturated carbocycles. The molecule has 0 saturated heterocycles. The Balaban J connectivity index is 2.16. The summed E-state index contributed by atoms with van der Waals surface area (Å²) in [6.07, 6.45) is 3.90. The lowest BCUT2D eigenvalue weighted by Gasteiger charge is -2.40. The maximum Gasteiger partial charge on any atom is 0.0329 e. The third-order valence-corrected chi connectivity index (χ3v) is 4.98. The van der Waals surface area contributed by atoms with Gasteiger partial charge in [0.25, 0.3) is 0 Å². The van der Waals surface area contributed by atoms with E-state index in [-0.39, 0.29) is 0 Å². The van der Waals surface area contributed by atoms with Gasteiger partial charge in [-0.2, -0.15) is 0 Å². The Hall–Kier alpha value is -0.470. The highest BCUT2D eigenvalue weighted by atomic mass is 32.2. The Bertz CT molecular complexity index is 350. The van der Waals surface area contributed by atoms with Crippen LogP contribution in [0.5, 0.6) is 0 Å². The normalized spacial score (nSPS) is 18.6. The van der Waals surface area contributed by atoms with Gasteiger partial charge in [-0.15, -0.1) is 11.8 Å². The molecule has 0 spiro atoms.